The summed E-state index contributed by atoms with van der Waals surface area (Å²) in [6.07, 6.45) is 9.86. The molecule has 9 nitrogen and oxygen atoms in total. The molecule has 1 aliphatic heterocycles. The van der Waals surface area contributed by atoms with Crippen LogP contribution < -0.4 is 10.6 Å². The summed E-state index contributed by atoms with van der Waals surface area (Å²) in [6, 6.07) is 4.00. The van der Waals surface area contributed by atoms with E-state index in [9.17, 15) is 5.26 Å². The summed E-state index contributed by atoms with van der Waals surface area (Å²) in [5.74, 6) is 1.68. The Hall–Kier alpha value is -3.67. The second-order valence-corrected chi connectivity index (χ2v) is 6.48. The average molecular weight is 376 g/mol. The maximum atomic E-state index is 9.71. The molecular weight excluding hydrogens is 356 g/mol. The van der Waals surface area contributed by atoms with Crippen LogP contribution in [0.3, 0.4) is 0 Å². The first-order chi connectivity index (χ1) is 13.7. The summed E-state index contributed by atoms with van der Waals surface area (Å²) in [6.45, 7) is 3.30. The molecule has 0 saturated heterocycles. The van der Waals surface area contributed by atoms with Crippen LogP contribution in [0.5, 0.6) is 0 Å². The first-order valence-corrected chi connectivity index (χ1v) is 9.14. The predicted molar refractivity (Wildman–Crippen MR) is 102 cm³/mol. The molecule has 0 fully saturated rings. The van der Waals surface area contributed by atoms with Crippen LogP contribution in [0.2, 0.25) is 0 Å². The van der Waals surface area contributed by atoms with Gasteiger partial charge in [0.2, 0.25) is 11.8 Å². The van der Waals surface area contributed by atoms with Gasteiger partial charge in [0, 0.05) is 18.8 Å². The molecule has 0 saturated carbocycles. The van der Waals surface area contributed by atoms with Crippen LogP contribution in [0.4, 0.5) is 5.95 Å². The van der Waals surface area contributed by atoms with Crippen molar-refractivity contribution in [1.29, 1.82) is 5.26 Å². The standard InChI is InChI=1S/C19H20N8O/c1-13-9-16(14(10-20)18-25-15-5-2-3-6-17(15)28-18)26-19(24-13)22-7-4-8-27-12-21-11-23-27/h3,6,9,11-12,25H,2,4-5,7-8H2,1H3,(H,22,24,26)/b18-14-. The van der Waals surface area contributed by atoms with Gasteiger partial charge in [0.15, 0.2) is 0 Å². The molecule has 4 rings (SSSR count). The van der Waals surface area contributed by atoms with Crippen LogP contribution in [0.1, 0.15) is 30.7 Å². The number of nitriles is 1. The Morgan fingerprint density at radius 1 is 1.43 bits per heavy atom. The van der Waals surface area contributed by atoms with Crippen LogP contribution in [0, 0.1) is 18.3 Å². The van der Waals surface area contributed by atoms with Crippen molar-refractivity contribution >= 4 is 11.5 Å². The highest BCUT2D eigenvalue weighted by Crippen LogP contribution is 2.30. The molecular formula is C19H20N8O. The molecule has 3 heterocycles. The Kier molecular flexibility index (Phi) is 5.01. The van der Waals surface area contributed by atoms with Crippen LogP contribution >= 0.6 is 0 Å². The van der Waals surface area contributed by atoms with Gasteiger partial charge in [-0.2, -0.15) is 10.4 Å². The fourth-order valence-corrected chi connectivity index (χ4v) is 3.04. The second kappa shape index (κ2) is 7.92. The lowest BCUT2D eigenvalue weighted by atomic mass is 10.1. The smallest absolute Gasteiger partial charge is 0.223 e. The van der Waals surface area contributed by atoms with Gasteiger partial charge in [0.1, 0.15) is 30.1 Å². The maximum absolute atomic E-state index is 9.71. The Bertz CT molecular complexity index is 997. The van der Waals surface area contributed by atoms with Gasteiger partial charge in [-0.1, -0.05) is 6.08 Å². The third-order valence-electron chi connectivity index (χ3n) is 4.37. The second-order valence-electron chi connectivity index (χ2n) is 6.48. The third kappa shape index (κ3) is 3.86. The lowest BCUT2D eigenvalue weighted by Crippen LogP contribution is -2.12. The minimum absolute atomic E-state index is 0.360. The fourth-order valence-electron chi connectivity index (χ4n) is 3.04. The number of rotatable bonds is 6. The third-order valence-corrected chi connectivity index (χ3v) is 4.37. The van der Waals surface area contributed by atoms with Gasteiger partial charge in [-0.3, -0.25) is 4.68 Å². The number of ether oxygens (including phenoxy) is 1. The summed E-state index contributed by atoms with van der Waals surface area (Å²) in [5.41, 5.74) is 2.66. The van der Waals surface area contributed by atoms with Gasteiger partial charge in [-0.05, 0) is 38.3 Å². The van der Waals surface area contributed by atoms with Gasteiger partial charge in [0.25, 0.3) is 0 Å². The van der Waals surface area contributed by atoms with Gasteiger partial charge in [-0.15, -0.1) is 0 Å². The molecule has 0 radical (unpaired) electrons. The van der Waals surface area contributed by atoms with E-state index in [1.54, 1.807) is 17.1 Å². The Morgan fingerprint density at radius 2 is 2.36 bits per heavy atom. The van der Waals surface area contributed by atoms with Crippen LogP contribution in [-0.2, 0) is 11.3 Å². The van der Waals surface area contributed by atoms with Gasteiger partial charge in [0.05, 0.1) is 11.4 Å². The van der Waals surface area contributed by atoms with E-state index < -0.39 is 0 Å². The van der Waals surface area contributed by atoms with Gasteiger partial charge >= 0.3 is 0 Å². The Balaban J connectivity index is 1.47. The lowest BCUT2D eigenvalue weighted by Gasteiger charge is -2.09. The highest BCUT2D eigenvalue weighted by Gasteiger charge is 2.25. The minimum atomic E-state index is 0.360. The average Bonchev–Trinajstić information content (AvgIpc) is 3.35. The SMILES string of the molecule is Cc1cc(/C(C#N)=C2/NC3=C(C=CCC3)O2)nc(NCCCn2cncn2)n1. The Morgan fingerprint density at radius 3 is 3.14 bits per heavy atom. The number of allylic oxidation sites excluding steroid dienone is 4. The molecule has 2 aromatic heterocycles. The van der Waals surface area contributed by atoms with E-state index in [0.717, 1.165) is 43.0 Å². The normalized spacial score (nSPS) is 16.9. The zero-order valence-electron chi connectivity index (χ0n) is 15.5. The molecule has 2 aromatic rings. The van der Waals surface area contributed by atoms with E-state index in [0.29, 0.717) is 29.6 Å². The number of hydrogen-bond donors (Lipinski definition) is 2. The summed E-state index contributed by atoms with van der Waals surface area (Å²) in [4.78, 5) is 12.8. The fraction of sp³-hybridized carbons (Fsp3) is 0.316. The van der Waals surface area contributed by atoms with E-state index >= 15 is 0 Å². The van der Waals surface area contributed by atoms with Crippen molar-refractivity contribution in [1.82, 2.24) is 30.0 Å². The zero-order chi connectivity index (χ0) is 19.3. The van der Waals surface area contributed by atoms with E-state index in [2.05, 4.69) is 42.8 Å². The number of nitrogens with zero attached hydrogens (tertiary/aromatic N) is 6. The minimum Gasteiger partial charge on any atom is -0.438 e. The number of aryl methyl sites for hydroxylation is 2. The number of hydrogen-bond acceptors (Lipinski definition) is 8. The molecule has 2 aliphatic rings. The first kappa shape index (κ1) is 17.7. The van der Waals surface area contributed by atoms with Crippen molar-refractivity contribution in [2.75, 3.05) is 11.9 Å². The summed E-state index contributed by atoms with van der Waals surface area (Å²) in [5, 5.41) is 20.2. The quantitative estimate of drug-likeness (QED) is 0.583. The largest absolute Gasteiger partial charge is 0.438 e. The van der Waals surface area contributed by atoms with Crippen molar-refractivity contribution in [2.24, 2.45) is 0 Å². The molecule has 1 aliphatic carbocycles. The van der Waals surface area contributed by atoms with Crippen LogP contribution in [-0.4, -0.2) is 31.3 Å². The highest BCUT2D eigenvalue weighted by molar-refractivity contribution is 5.77. The molecule has 142 valence electrons. The number of aromatic nitrogens is 5. The topological polar surface area (TPSA) is 114 Å². The van der Waals surface area contributed by atoms with Gasteiger partial charge in [-0.25, -0.2) is 15.0 Å². The molecule has 0 amide bonds. The molecule has 0 spiro atoms. The maximum Gasteiger partial charge on any atom is 0.223 e. The number of anilines is 1. The van der Waals surface area contributed by atoms with E-state index in [4.69, 9.17) is 4.74 Å². The first-order valence-electron chi connectivity index (χ1n) is 9.14. The molecule has 0 atom stereocenters. The summed E-state index contributed by atoms with van der Waals surface area (Å²) < 4.78 is 7.61. The predicted octanol–water partition coefficient (Wildman–Crippen LogP) is 2.25. The lowest BCUT2D eigenvalue weighted by molar-refractivity contribution is 0.331. The van der Waals surface area contributed by atoms with Crippen molar-refractivity contribution in [3.8, 4) is 6.07 Å². The van der Waals surface area contributed by atoms with E-state index in [-0.39, 0.29) is 0 Å². The number of nitrogens with one attached hydrogen (secondary N) is 2. The van der Waals surface area contributed by atoms with Crippen molar-refractivity contribution in [3.05, 3.63) is 59.6 Å². The monoisotopic (exact) mass is 376 g/mol. The molecule has 2 N–H and O–H groups in total. The summed E-state index contributed by atoms with van der Waals surface area (Å²) >= 11 is 0. The van der Waals surface area contributed by atoms with Crippen LogP contribution in [0.25, 0.3) is 5.57 Å². The zero-order valence-corrected chi connectivity index (χ0v) is 15.5. The molecule has 0 aromatic carbocycles. The Labute approximate surface area is 162 Å². The molecule has 28 heavy (non-hydrogen) atoms. The van der Waals surface area contributed by atoms with E-state index in [1.807, 2.05) is 13.0 Å². The van der Waals surface area contributed by atoms with Crippen molar-refractivity contribution in [3.63, 3.8) is 0 Å². The van der Waals surface area contributed by atoms with E-state index in [1.165, 1.54) is 6.33 Å². The molecule has 0 bridgehead atoms. The van der Waals surface area contributed by atoms with Gasteiger partial charge < -0.3 is 15.4 Å². The highest BCUT2D eigenvalue weighted by atomic mass is 16.5. The summed E-state index contributed by atoms with van der Waals surface area (Å²) in [7, 11) is 0. The molecule has 0 unspecified atom stereocenters. The van der Waals surface area contributed by atoms with Crippen molar-refractivity contribution < 1.29 is 4.74 Å². The van der Waals surface area contributed by atoms with Crippen molar-refractivity contribution in [2.45, 2.75) is 32.7 Å². The van der Waals surface area contributed by atoms with Crippen LogP contribution in [0.15, 0.2) is 48.2 Å². The molecule has 9 heteroatoms.